The molecule has 35 heavy (non-hydrogen) atoms. The van der Waals surface area contributed by atoms with Crippen LogP contribution in [0.4, 0.5) is 4.39 Å². The largest absolute Gasteiger partial charge is 0.473 e. The third kappa shape index (κ3) is 5.43. The summed E-state index contributed by atoms with van der Waals surface area (Å²) < 4.78 is 43.2. The molecule has 2 atom stereocenters. The monoisotopic (exact) mass is 493 g/mol. The van der Waals surface area contributed by atoms with Gasteiger partial charge in [0.25, 0.3) is 0 Å². The van der Waals surface area contributed by atoms with E-state index in [1.165, 1.54) is 35.4 Å². The molecule has 2 unspecified atom stereocenters. The fraction of sp³-hybridized carbons (Fsp3) is 0.414. The second-order valence-corrected chi connectivity index (χ2v) is 12.6. The molecule has 1 heterocycles. The van der Waals surface area contributed by atoms with Crippen LogP contribution in [0.1, 0.15) is 58.6 Å². The van der Waals surface area contributed by atoms with Crippen LogP contribution < -0.4 is 4.74 Å². The quantitative estimate of drug-likeness (QED) is 0.338. The maximum Gasteiger partial charge on any atom is 0.213 e. The molecular weight excluding hydrogens is 461 g/mol. The first-order valence-electron chi connectivity index (χ1n) is 12.4. The van der Waals surface area contributed by atoms with Gasteiger partial charge in [-0.2, -0.15) is 0 Å². The van der Waals surface area contributed by atoms with Gasteiger partial charge in [0.1, 0.15) is 22.3 Å². The molecule has 0 saturated heterocycles. The molecule has 0 spiro atoms. The second-order valence-electron chi connectivity index (χ2n) is 10.3. The Kier molecular flexibility index (Phi) is 6.43. The minimum Gasteiger partial charge on any atom is -0.473 e. The van der Waals surface area contributed by atoms with Gasteiger partial charge in [-0.3, -0.25) is 0 Å². The van der Waals surface area contributed by atoms with Crippen LogP contribution in [0, 0.1) is 25.6 Å². The van der Waals surface area contributed by atoms with E-state index in [1.54, 1.807) is 0 Å². The number of aryl methyl sites for hydroxylation is 3. The number of benzene rings is 2. The normalized spacial score (nSPS) is 18.3. The van der Waals surface area contributed by atoms with Crippen molar-refractivity contribution in [3.05, 3.63) is 81.8 Å². The Balaban J connectivity index is 1.28. The average molecular weight is 494 g/mol. The molecule has 184 valence electrons. The summed E-state index contributed by atoms with van der Waals surface area (Å²) in [5.41, 5.74) is 8.71. The summed E-state index contributed by atoms with van der Waals surface area (Å²) in [7, 11) is -2.92. The number of fused-ring (bicyclic) bond motifs is 3. The molecule has 0 N–H and O–H groups in total. The van der Waals surface area contributed by atoms with Crippen LogP contribution in [-0.4, -0.2) is 25.4 Å². The molecule has 0 radical (unpaired) electrons. The number of nitrogens with zero attached hydrogens (tertiary/aromatic N) is 1. The number of halogens is 1. The molecule has 5 rings (SSSR count). The van der Waals surface area contributed by atoms with Crippen molar-refractivity contribution in [2.24, 2.45) is 5.92 Å². The van der Waals surface area contributed by atoms with Crippen molar-refractivity contribution in [1.29, 1.82) is 0 Å². The predicted molar refractivity (Wildman–Crippen MR) is 137 cm³/mol. The summed E-state index contributed by atoms with van der Waals surface area (Å²) in [5, 5.41) is 0. The minimum atomic E-state index is -2.92. The molecule has 0 bridgehead atoms. The molecule has 6 heteroatoms. The van der Waals surface area contributed by atoms with Gasteiger partial charge in [0.15, 0.2) is 0 Å². The number of hydrogen-bond acceptors (Lipinski definition) is 4. The van der Waals surface area contributed by atoms with E-state index in [0.29, 0.717) is 23.8 Å². The fourth-order valence-electron chi connectivity index (χ4n) is 5.55. The summed E-state index contributed by atoms with van der Waals surface area (Å²) in [5.74, 6) is 2.00. The number of hydrogen-bond donors (Lipinski definition) is 0. The van der Waals surface area contributed by atoms with E-state index in [9.17, 15) is 12.8 Å². The van der Waals surface area contributed by atoms with Crippen molar-refractivity contribution in [2.45, 2.75) is 58.5 Å². The van der Waals surface area contributed by atoms with E-state index in [2.05, 4.69) is 31.0 Å². The molecule has 1 aromatic heterocycles. The van der Waals surface area contributed by atoms with Crippen LogP contribution in [0.2, 0.25) is 0 Å². The van der Waals surface area contributed by atoms with Crippen molar-refractivity contribution in [2.75, 3.05) is 12.0 Å². The third-order valence-corrected chi connectivity index (χ3v) is 8.37. The Morgan fingerprint density at radius 1 is 1.09 bits per heavy atom. The average Bonchev–Trinajstić information content (AvgIpc) is 3.46. The van der Waals surface area contributed by atoms with E-state index < -0.39 is 9.84 Å². The number of sulfone groups is 1. The molecule has 2 aliphatic rings. The number of unbranched alkanes of at least 4 members (excludes halogenated alkanes) is 1. The zero-order valence-electron chi connectivity index (χ0n) is 20.6. The fourth-order valence-corrected chi connectivity index (χ4v) is 6.28. The van der Waals surface area contributed by atoms with Crippen LogP contribution in [0.15, 0.2) is 42.6 Å². The standard InChI is InChI=1S/C29H32FNO3S/c1-18-10-20(6-4-5-9-35(3,32)33)11-19(2)29(18)21-7-8-27(30)24(12-21)17-34-28-15-23-13-22-14-25(22)26(23)16-31-28/h7-8,10-12,15-16,22,25H,4-6,9,13-14,17H2,1-3H3. The van der Waals surface area contributed by atoms with Gasteiger partial charge in [-0.1, -0.05) is 18.2 Å². The first-order chi connectivity index (χ1) is 16.7. The molecular formula is C29H32FNO3S. The lowest BCUT2D eigenvalue weighted by Gasteiger charge is -2.15. The van der Waals surface area contributed by atoms with Crippen molar-refractivity contribution in [3.63, 3.8) is 0 Å². The molecule has 4 nitrogen and oxygen atoms in total. The number of ether oxygens (including phenoxy) is 1. The lowest BCUT2D eigenvalue weighted by Crippen LogP contribution is -2.03. The van der Waals surface area contributed by atoms with E-state index in [4.69, 9.17) is 4.74 Å². The van der Waals surface area contributed by atoms with Crippen LogP contribution in [-0.2, 0) is 29.3 Å². The van der Waals surface area contributed by atoms with Crippen LogP contribution in [0.3, 0.4) is 0 Å². The summed E-state index contributed by atoms with van der Waals surface area (Å²) in [6.07, 6.45) is 7.95. The maximum atomic E-state index is 14.6. The first kappa shape index (κ1) is 24.0. The zero-order chi connectivity index (χ0) is 24.7. The van der Waals surface area contributed by atoms with Crippen LogP contribution in [0.5, 0.6) is 5.88 Å². The van der Waals surface area contributed by atoms with Gasteiger partial charge >= 0.3 is 0 Å². The summed E-state index contributed by atoms with van der Waals surface area (Å²) in [6, 6.07) is 11.5. The number of pyridine rings is 1. The second kappa shape index (κ2) is 9.38. The highest BCUT2D eigenvalue weighted by Gasteiger charge is 2.45. The van der Waals surface area contributed by atoms with Gasteiger partial charge in [0.2, 0.25) is 5.88 Å². The molecule has 0 aliphatic heterocycles. The Hall–Kier alpha value is -2.73. The number of aromatic nitrogens is 1. The SMILES string of the molecule is Cc1cc(CCCCS(C)(=O)=O)cc(C)c1-c1ccc(F)c(COc2cc3c(cn2)C2CC2C3)c1. The van der Waals surface area contributed by atoms with Gasteiger partial charge < -0.3 is 4.74 Å². The zero-order valence-corrected chi connectivity index (χ0v) is 21.4. The van der Waals surface area contributed by atoms with Gasteiger partial charge in [0, 0.05) is 29.8 Å². The molecule has 2 aromatic carbocycles. The Bertz CT molecular complexity index is 1360. The predicted octanol–water partition coefficient (Wildman–Crippen LogP) is 6.11. The number of rotatable bonds is 9. The van der Waals surface area contributed by atoms with Crippen LogP contribution >= 0.6 is 0 Å². The van der Waals surface area contributed by atoms with Crippen LogP contribution in [0.25, 0.3) is 11.1 Å². The Morgan fingerprint density at radius 3 is 2.60 bits per heavy atom. The summed E-state index contributed by atoms with van der Waals surface area (Å²) in [6.45, 7) is 4.27. The van der Waals surface area contributed by atoms with E-state index in [-0.39, 0.29) is 18.2 Å². The summed E-state index contributed by atoms with van der Waals surface area (Å²) in [4.78, 5) is 4.46. The Morgan fingerprint density at radius 2 is 1.86 bits per heavy atom. The highest BCUT2D eigenvalue weighted by Crippen LogP contribution is 2.56. The van der Waals surface area contributed by atoms with Crippen molar-refractivity contribution >= 4 is 9.84 Å². The molecule has 0 amide bonds. The lowest BCUT2D eigenvalue weighted by molar-refractivity contribution is 0.287. The van der Waals surface area contributed by atoms with E-state index in [0.717, 1.165) is 47.4 Å². The maximum absolute atomic E-state index is 14.6. The summed E-state index contributed by atoms with van der Waals surface area (Å²) >= 11 is 0. The Labute approximate surface area is 207 Å². The molecule has 2 aliphatic carbocycles. The van der Waals surface area contributed by atoms with Crippen molar-refractivity contribution in [3.8, 4) is 17.0 Å². The van der Waals surface area contributed by atoms with Gasteiger partial charge in [-0.15, -0.1) is 0 Å². The minimum absolute atomic E-state index is 0.134. The molecule has 3 aromatic rings. The highest BCUT2D eigenvalue weighted by atomic mass is 32.2. The van der Waals surface area contributed by atoms with Gasteiger partial charge in [-0.25, -0.2) is 17.8 Å². The van der Waals surface area contributed by atoms with Gasteiger partial charge in [-0.05, 0) is 109 Å². The van der Waals surface area contributed by atoms with E-state index in [1.807, 2.05) is 24.4 Å². The molecule has 1 saturated carbocycles. The van der Waals surface area contributed by atoms with E-state index >= 15 is 0 Å². The first-order valence-corrected chi connectivity index (χ1v) is 14.4. The van der Waals surface area contributed by atoms with Crippen molar-refractivity contribution in [1.82, 2.24) is 4.98 Å². The molecule has 1 fully saturated rings. The lowest BCUT2D eigenvalue weighted by atomic mass is 9.91. The smallest absolute Gasteiger partial charge is 0.213 e. The van der Waals surface area contributed by atoms with Gasteiger partial charge in [0.05, 0.1) is 0 Å². The third-order valence-electron chi connectivity index (χ3n) is 7.34. The highest BCUT2D eigenvalue weighted by molar-refractivity contribution is 7.90. The topological polar surface area (TPSA) is 56.3 Å². The van der Waals surface area contributed by atoms with Crippen molar-refractivity contribution < 1.29 is 17.5 Å².